The molecule has 1 aliphatic rings. The van der Waals surface area contributed by atoms with Gasteiger partial charge in [0.25, 0.3) is 5.56 Å². The summed E-state index contributed by atoms with van der Waals surface area (Å²) in [5, 5.41) is 11.5. The van der Waals surface area contributed by atoms with E-state index in [1.165, 1.54) is 38.0 Å². The third-order valence-corrected chi connectivity index (χ3v) is 7.68. The molecule has 11 nitrogen and oxygen atoms in total. The number of thiazole rings is 1. The van der Waals surface area contributed by atoms with Crippen molar-refractivity contribution in [2.75, 3.05) is 27.9 Å². The van der Waals surface area contributed by atoms with Crippen LogP contribution in [0.15, 0.2) is 55.9 Å². The van der Waals surface area contributed by atoms with Gasteiger partial charge in [0.05, 0.1) is 54.7 Å². The maximum absolute atomic E-state index is 13.8. The zero-order valence-electron chi connectivity index (χ0n) is 21.6. The molecule has 0 unspecified atom stereocenters. The smallest absolute Gasteiger partial charge is 0.338 e. The van der Waals surface area contributed by atoms with E-state index in [2.05, 4.69) is 20.9 Å². The molecular weight excluding hydrogens is 594 g/mol. The molecule has 0 radical (unpaired) electrons. The monoisotopic (exact) mass is 617 g/mol. The first kappa shape index (κ1) is 28.0. The zero-order chi connectivity index (χ0) is 28.4. The number of rotatable bonds is 8. The fourth-order valence-corrected chi connectivity index (χ4v) is 5.84. The molecule has 0 bridgehead atoms. The molecule has 204 valence electrons. The number of halogens is 1. The summed E-state index contributed by atoms with van der Waals surface area (Å²) in [7, 11) is 4.34. The molecule has 0 amide bonds. The van der Waals surface area contributed by atoms with Crippen molar-refractivity contribution < 1.29 is 28.7 Å². The van der Waals surface area contributed by atoms with Crippen molar-refractivity contribution in [2.45, 2.75) is 19.9 Å². The van der Waals surface area contributed by atoms with Crippen molar-refractivity contribution >= 4 is 45.0 Å². The third kappa shape index (κ3) is 5.19. The van der Waals surface area contributed by atoms with Crippen LogP contribution in [0.3, 0.4) is 0 Å². The largest absolute Gasteiger partial charge is 0.493 e. The van der Waals surface area contributed by atoms with E-state index in [9.17, 15) is 19.7 Å². The second-order valence-corrected chi connectivity index (χ2v) is 10.1. The van der Waals surface area contributed by atoms with Crippen LogP contribution < -0.4 is 29.1 Å². The number of carbonyl (C=O) groups is 1. The van der Waals surface area contributed by atoms with Crippen LogP contribution in [0.4, 0.5) is 5.69 Å². The Morgan fingerprint density at radius 1 is 1.15 bits per heavy atom. The van der Waals surface area contributed by atoms with E-state index in [4.69, 9.17) is 18.9 Å². The van der Waals surface area contributed by atoms with Gasteiger partial charge in [-0.05, 0) is 49.2 Å². The van der Waals surface area contributed by atoms with Crippen LogP contribution in [0.2, 0.25) is 0 Å². The van der Waals surface area contributed by atoms with Crippen molar-refractivity contribution in [1.29, 1.82) is 0 Å². The highest BCUT2D eigenvalue weighted by Crippen LogP contribution is 2.40. The van der Waals surface area contributed by atoms with Crippen LogP contribution in [-0.4, -0.2) is 43.4 Å². The Balaban J connectivity index is 1.99. The molecule has 3 aromatic rings. The van der Waals surface area contributed by atoms with Crippen LogP contribution >= 0.6 is 27.3 Å². The first-order valence-corrected chi connectivity index (χ1v) is 13.2. The summed E-state index contributed by atoms with van der Waals surface area (Å²) in [6.45, 7) is 3.51. The van der Waals surface area contributed by atoms with Gasteiger partial charge in [-0.3, -0.25) is 19.5 Å². The minimum Gasteiger partial charge on any atom is -0.493 e. The number of hydrogen-bond acceptors (Lipinski definition) is 10. The Labute approximate surface area is 234 Å². The molecular formula is C26H24BrN3O8S. The predicted octanol–water partition coefficient (Wildman–Crippen LogP) is 3.49. The van der Waals surface area contributed by atoms with Gasteiger partial charge in [-0.2, -0.15) is 0 Å². The zero-order valence-corrected chi connectivity index (χ0v) is 24.0. The number of allylic oxidation sites excluding steroid dienone is 1. The summed E-state index contributed by atoms with van der Waals surface area (Å²) in [6, 6.07) is 6.89. The number of fused-ring (bicyclic) bond motifs is 1. The standard InChI is InChI=1S/C26H24BrN3O8S/c1-6-38-25(32)22-13(2)28-26-29(23(22)15-11-19(36-4)20(37-5)12-16(15)27)24(31)21(39-26)10-14-7-8-18(35-3)17(9-14)30(33)34/h7-12,23H,6H2,1-5H3/b21-10-/t23-/m1/s1. The second kappa shape index (κ2) is 11.4. The number of carbonyl (C=O) groups excluding carboxylic acids is 1. The SMILES string of the molecule is CCOC(=O)C1=C(C)N=c2s/c(=C\c3ccc(OC)c([N+](=O)[O-])c3)c(=O)n2[C@@H]1c1cc(OC)c(OC)cc1Br. The second-order valence-electron chi connectivity index (χ2n) is 8.22. The normalized spacial score (nSPS) is 14.9. The molecule has 4 rings (SSSR count). The summed E-state index contributed by atoms with van der Waals surface area (Å²) in [6.07, 6.45) is 1.54. The third-order valence-electron chi connectivity index (χ3n) is 6.01. The maximum atomic E-state index is 13.8. The molecule has 0 aliphatic carbocycles. The Kier molecular flexibility index (Phi) is 8.21. The first-order valence-electron chi connectivity index (χ1n) is 11.6. The molecule has 13 heteroatoms. The number of methoxy groups -OCH3 is 3. The number of ether oxygens (including phenoxy) is 4. The number of hydrogen-bond donors (Lipinski definition) is 0. The number of benzene rings is 2. The molecule has 1 aliphatic heterocycles. The highest BCUT2D eigenvalue weighted by Gasteiger charge is 2.35. The van der Waals surface area contributed by atoms with E-state index < -0.39 is 22.5 Å². The lowest BCUT2D eigenvalue weighted by atomic mass is 9.95. The molecule has 1 atom stereocenters. The van der Waals surface area contributed by atoms with Gasteiger partial charge < -0.3 is 18.9 Å². The molecule has 1 aromatic heterocycles. The summed E-state index contributed by atoms with van der Waals surface area (Å²) >= 11 is 4.66. The van der Waals surface area contributed by atoms with Crippen LogP contribution in [0.1, 0.15) is 31.0 Å². The molecule has 0 saturated heterocycles. The van der Waals surface area contributed by atoms with E-state index in [1.54, 1.807) is 38.1 Å². The Morgan fingerprint density at radius 3 is 2.44 bits per heavy atom. The topological polar surface area (TPSA) is 131 Å². The number of nitro groups is 1. The first-order chi connectivity index (χ1) is 18.6. The van der Waals surface area contributed by atoms with Gasteiger partial charge in [0.2, 0.25) is 0 Å². The van der Waals surface area contributed by atoms with E-state index in [0.29, 0.717) is 37.6 Å². The van der Waals surface area contributed by atoms with Gasteiger partial charge >= 0.3 is 11.7 Å². The van der Waals surface area contributed by atoms with Gasteiger partial charge in [0.15, 0.2) is 22.0 Å². The van der Waals surface area contributed by atoms with E-state index in [0.717, 1.165) is 11.3 Å². The molecule has 0 N–H and O–H groups in total. The molecule has 2 heterocycles. The van der Waals surface area contributed by atoms with Crippen LogP contribution in [0.5, 0.6) is 17.2 Å². The molecule has 0 spiro atoms. The Bertz CT molecular complexity index is 1690. The Hall–Kier alpha value is -3.97. The van der Waals surface area contributed by atoms with Crippen molar-refractivity contribution in [3.63, 3.8) is 0 Å². The minimum absolute atomic E-state index is 0.103. The van der Waals surface area contributed by atoms with Gasteiger partial charge in [0.1, 0.15) is 0 Å². The van der Waals surface area contributed by atoms with Crippen LogP contribution in [-0.2, 0) is 9.53 Å². The van der Waals surface area contributed by atoms with Gasteiger partial charge in [0, 0.05) is 10.5 Å². The fraction of sp³-hybridized carbons (Fsp3) is 0.269. The number of aromatic nitrogens is 1. The van der Waals surface area contributed by atoms with Gasteiger partial charge in [-0.1, -0.05) is 33.3 Å². The van der Waals surface area contributed by atoms with Crippen molar-refractivity contribution in [1.82, 2.24) is 4.57 Å². The average Bonchev–Trinajstić information content (AvgIpc) is 3.21. The number of nitrogens with zero attached hydrogens (tertiary/aromatic N) is 3. The van der Waals surface area contributed by atoms with Gasteiger partial charge in [-0.25, -0.2) is 9.79 Å². The Morgan fingerprint density at radius 2 is 1.82 bits per heavy atom. The van der Waals surface area contributed by atoms with Crippen molar-refractivity contribution in [3.05, 3.63) is 87.0 Å². The number of esters is 1. The quantitative estimate of drug-likeness (QED) is 0.213. The van der Waals surface area contributed by atoms with Crippen LogP contribution in [0.25, 0.3) is 6.08 Å². The summed E-state index contributed by atoms with van der Waals surface area (Å²) in [5.74, 6) is 0.360. The number of nitro benzene ring substituents is 1. The molecule has 0 fully saturated rings. The fourth-order valence-electron chi connectivity index (χ4n) is 4.26. The lowest BCUT2D eigenvalue weighted by Gasteiger charge is -2.26. The van der Waals surface area contributed by atoms with Crippen molar-refractivity contribution in [2.24, 2.45) is 4.99 Å². The molecule has 2 aromatic carbocycles. The van der Waals surface area contributed by atoms with Crippen LogP contribution in [0, 0.1) is 10.1 Å². The summed E-state index contributed by atoms with van der Waals surface area (Å²) in [4.78, 5) is 42.8. The van der Waals surface area contributed by atoms with E-state index >= 15 is 0 Å². The summed E-state index contributed by atoms with van der Waals surface area (Å²) in [5.41, 5.74) is 0.914. The average molecular weight is 618 g/mol. The maximum Gasteiger partial charge on any atom is 0.338 e. The molecule has 39 heavy (non-hydrogen) atoms. The molecule has 0 saturated carbocycles. The minimum atomic E-state index is -0.901. The van der Waals surface area contributed by atoms with E-state index in [-0.39, 0.29) is 28.1 Å². The lowest BCUT2D eigenvalue weighted by Crippen LogP contribution is -2.40. The lowest BCUT2D eigenvalue weighted by molar-refractivity contribution is -0.385. The van der Waals surface area contributed by atoms with Gasteiger partial charge in [-0.15, -0.1) is 0 Å². The summed E-state index contributed by atoms with van der Waals surface area (Å²) < 4.78 is 23.5. The van der Waals surface area contributed by atoms with Crippen molar-refractivity contribution in [3.8, 4) is 17.2 Å². The predicted molar refractivity (Wildman–Crippen MR) is 147 cm³/mol. The highest BCUT2D eigenvalue weighted by molar-refractivity contribution is 9.10. The highest BCUT2D eigenvalue weighted by atomic mass is 79.9. The van der Waals surface area contributed by atoms with E-state index in [1.807, 2.05) is 0 Å².